The van der Waals surface area contributed by atoms with Crippen LogP contribution >= 0.6 is 11.3 Å². The molecule has 0 unspecified atom stereocenters. The van der Waals surface area contributed by atoms with Crippen LogP contribution in [0, 0.1) is 0 Å². The summed E-state index contributed by atoms with van der Waals surface area (Å²) in [5, 5.41) is 12.6. The Bertz CT molecular complexity index is 1020. The first-order valence-corrected chi connectivity index (χ1v) is 9.67. The number of anilines is 1. The Balaban J connectivity index is 1.47. The molecule has 7 nitrogen and oxygen atoms in total. The van der Waals surface area contributed by atoms with Gasteiger partial charge in [-0.15, -0.1) is 11.3 Å². The van der Waals surface area contributed by atoms with E-state index in [4.69, 9.17) is 0 Å². The van der Waals surface area contributed by atoms with E-state index in [9.17, 15) is 18.0 Å². The summed E-state index contributed by atoms with van der Waals surface area (Å²) in [5.74, 6) is -0.462. The van der Waals surface area contributed by atoms with E-state index in [1.807, 2.05) is 13.1 Å². The molecule has 0 aliphatic heterocycles. The molecule has 28 heavy (non-hydrogen) atoms. The summed E-state index contributed by atoms with van der Waals surface area (Å²) in [5.41, 5.74) is 1.34. The van der Waals surface area contributed by atoms with Gasteiger partial charge in [0.1, 0.15) is 6.54 Å². The molecule has 1 aliphatic rings. The monoisotopic (exact) mass is 410 g/mol. The maximum Gasteiger partial charge on any atom is 0.435 e. The number of amides is 1. The summed E-state index contributed by atoms with van der Waals surface area (Å²) in [6.07, 6.45) is 0.506. The quantitative estimate of drug-likeness (QED) is 0.700. The predicted molar refractivity (Wildman–Crippen MR) is 96.9 cm³/mol. The number of aryl methyl sites for hydroxylation is 1. The van der Waals surface area contributed by atoms with Gasteiger partial charge in [0.25, 0.3) is 0 Å². The van der Waals surface area contributed by atoms with Crippen LogP contribution in [0.3, 0.4) is 0 Å². The van der Waals surface area contributed by atoms with Gasteiger partial charge in [0, 0.05) is 34.9 Å². The molecule has 0 aromatic carbocycles. The van der Waals surface area contributed by atoms with Gasteiger partial charge in [0.05, 0.1) is 11.9 Å². The van der Waals surface area contributed by atoms with Crippen LogP contribution in [0.25, 0.3) is 11.3 Å². The number of nitrogens with zero attached hydrogens (tertiary/aromatic N) is 5. The van der Waals surface area contributed by atoms with Gasteiger partial charge < -0.3 is 5.32 Å². The zero-order chi connectivity index (χ0) is 19.9. The SMILES string of the molecule is CCn1cc(-c2csc(NC(=O)Cn3nc(C(F)(F)F)c4c3CCC4)n2)cn1. The first kappa shape index (κ1) is 18.7. The van der Waals surface area contributed by atoms with Crippen LogP contribution in [0.5, 0.6) is 0 Å². The molecule has 0 saturated heterocycles. The van der Waals surface area contributed by atoms with Crippen LogP contribution in [0.2, 0.25) is 0 Å². The highest BCUT2D eigenvalue weighted by Crippen LogP contribution is 2.36. The number of thiazole rings is 1. The topological polar surface area (TPSA) is 77.6 Å². The lowest BCUT2D eigenvalue weighted by molar-refractivity contribution is -0.142. The van der Waals surface area contributed by atoms with Gasteiger partial charge in [-0.05, 0) is 26.2 Å². The van der Waals surface area contributed by atoms with Crippen molar-refractivity contribution in [1.29, 1.82) is 0 Å². The Morgan fingerprint density at radius 3 is 2.89 bits per heavy atom. The highest BCUT2D eigenvalue weighted by Gasteiger charge is 2.40. The first-order chi connectivity index (χ1) is 13.3. The Morgan fingerprint density at radius 1 is 1.36 bits per heavy atom. The zero-order valence-electron chi connectivity index (χ0n) is 15.0. The number of nitrogens with one attached hydrogen (secondary N) is 1. The van der Waals surface area contributed by atoms with Crippen molar-refractivity contribution < 1.29 is 18.0 Å². The van der Waals surface area contributed by atoms with E-state index in [0.29, 0.717) is 35.8 Å². The van der Waals surface area contributed by atoms with E-state index >= 15 is 0 Å². The van der Waals surface area contributed by atoms with Crippen molar-refractivity contribution >= 4 is 22.4 Å². The van der Waals surface area contributed by atoms with Gasteiger partial charge in [-0.3, -0.25) is 14.2 Å². The van der Waals surface area contributed by atoms with E-state index in [1.165, 1.54) is 16.0 Å². The molecule has 3 heterocycles. The van der Waals surface area contributed by atoms with Gasteiger partial charge >= 0.3 is 6.18 Å². The van der Waals surface area contributed by atoms with Crippen LogP contribution in [-0.4, -0.2) is 30.5 Å². The first-order valence-electron chi connectivity index (χ1n) is 8.79. The normalized spacial score (nSPS) is 13.7. The number of hydrogen-bond donors (Lipinski definition) is 1. The molecule has 0 bridgehead atoms. The summed E-state index contributed by atoms with van der Waals surface area (Å²) in [6, 6.07) is 0. The lowest BCUT2D eigenvalue weighted by atomic mass is 10.2. The third-order valence-electron chi connectivity index (χ3n) is 4.57. The molecule has 3 aromatic heterocycles. The Labute approximate surface area is 162 Å². The third-order valence-corrected chi connectivity index (χ3v) is 5.33. The number of fused-ring (bicyclic) bond motifs is 1. The van der Waals surface area contributed by atoms with E-state index in [2.05, 4.69) is 20.5 Å². The summed E-state index contributed by atoms with van der Waals surface area (Å²) in [4.78, 5) is 16.7. The van der Waals surface area contributed by atoms with Gasteiger partial charge in [-0.25, -0.2) is 4.98 Å². The molecule has 4 rings (SSSR count). The summed E-state index contributed by atoms with van der Waals surface area (Å²) in [6.45, 7) is 2.43. The molecule has 0 saturated carbocycles. The number of aromatic nitrogens is 5. The largest absolute Gasteiger partial charge is 0.435 e. The molecular formula is C17H17F3N6OS. The standard InChI is InChI=1S/C17H17F3N6OS/c1-2-25-7-10(6-21-25)12-9-28-16(22-12)23-14(27)8-26-13-5-3-4-11(13)15(24-26)17(18,19)20/h6-7,9H,2-5,8H2,1H3,(H,22,23,27). The smallest absolute Gasteiger partial charge is 0.300 e. The maximum atomic E-state index is 13.1. The van der Waals surface area contributed by atoms with Crippen molar-refractivity contribution in [1.82, 2.24) is 24.5 Å². The zero-order valence-corrected chi connectivity index (χ0v) is 15.8. The molecular weight excluding hydrogens is 393 g/mol. The molecule has 0 spiro atoms. The molecule has 1 N–H and O–H groups in total. The second-order valence-corrected chi connectivity index (χ2v) is 7.31. The summed E-state index contributed by atoms with van der Waals surface area (Å²) in [7, 11) is 0. The van der Waals surface area contributed by atoms with Crippen molar-refractivity contribution in [3.8, 4) is 11.3 Å². The number of alkyl halides is 3. The number of hydrogen-bond acceptors (Lipinski definition) is 5. The van der Waals surface area contributed by atoms with E-state index < -0.39 is 17.8 Å². The summed E-state index contributed by atoms with van der Waals surface area (Å²) >= 11 is 1.25. The molecule has 1 amide bonds. The second kappa shape index (κ2) is 7.04. The van der Waals surface area contributed by atoms with E-state index in [-0.39, 0.29) is 12.1 Å². The number of carbonyl (C=O) groups is 1. The Hall–Kier alpha value is -2.69. The van der Waals surface area contributed by atoms with Crippen molar-refractivity contribution in [2.45, 2.75) is 45.5 Å². The van der Waals surface area contributed by atoms with Crippen molar-refractivity contribution in [3.63, 3.8) is 0 Å². The Morgan fingerprint density at radius 2 is 2.18 bits per heavy atom. The summed E-state index contributed by atoms with van der Waals surface area (Å²) < 4.78 is 42.4. The number of rotatable bonds is 5. The van der Waals surface area contributed by atoms with E-state index in [0.717, 1.165) is 12.1 Å². The molecule has 3 aromatic rings. The minimum absolute atomic E-state index is 0.213. The average Bonchev–Trinajstić information content (AvgIpc) is 3.39. The van der Waals surface area contributed by atoms with Gasteiger partial charge in [-0.2, -0.15) is 23.4 Å². The minimum Gasteiger partial charge on any atom is -0.300 e. The number of carbonyl (C=O) groups excluding carboxylic acids is 1. The highest BCUT2D eigenvalue weighted by atomic mass is 32.1. The Kier molecular flexibility index (Phi) is 4.69. The van der Waals surface area contributed by atoms with Gasteiger partial charge in [0.2, 0.25) is 5.91 Å². The molecule has 0 fully saturated rings. The van der Waals surface area contributed by atoms with Crippen molar-refractivity contribution in [3.05, 3.63) is 34.7 Å². The lowest BCUT2D eigenvalue weighted by Crippen LogP contribution is -2.21. The molecule has 0 radical (unpaired) electrons. The lowest BCUT2D eigenvalue weighted by Gasteiger charge is -2.06. The van der Waals surface area contributed by atoms with Gasteiger partial charge in [-0.1, -0.05) is 0 Å². The molecule has 11 heteroatoms. The van der Waals surface area contributed by atoms with Crippen LogP contribution in [-0.2, 0) is 36.9 Å². The van der Waals surface area contributed by atoms with E-state index in [1.54, 1.807) is 16.3 Å². The third kappa shape index (κ3) is 3.53. The van der Waals surface area contributed by atoms with Crippen LogP contribution in [0.1, 0.15) is 30.3 Å². The fourth-order valence-electron chi connectivity index (χ4n) is 3.30. The van der Waals surface area contributed by atoms with Gasteiger partial charge in [0.15, 0.2) is 10.8 Å². The maximum absolute atomic E-state index is 13.1. The van der Waals surface area contributed by atoms with Crippen LogP contribution < -0.4 is 5.32 Å². The van der Waals surface area contributed by atoms with Crippen molar-refractivity contribution in [2.75, 3.05) is 5.32 Å². The predicted octanol–water partition coefficient (Wildman–Crippen LogP) is 3.37. The average molecular weight is 410 g/mol. The molecule has 148 valence electrons. The van der Waals surface area contributed by atoms with Crippen molar-refractivity contribution in [2.24, 2.45) is 0 Å². The fourth-order valence-corrected chi connectivity index (χ4v) is 4.03. The van der Waals surface area contributed by atoms with Crippen LogP contribution in [0.4, 0.5) is 18.3 Å². The molecule has 1 aliphatic carbocycles. The minimum atomic E-state index is -4.51. The van der Waals surface area contributed by atoms with Crippen LogP contribution in [0.15, 0.2) is 17.8 Å². The second-order valence-electron chi connectivity index (χ2n) is 6.45. The fraction of sp³-hybridized carbons (Fsp3) is 0.412. The highest BCUT2D eigenvalue weighted by molar-refractivity contribution is 7.14. The molecule has 0 atom stereocenters. The number of halogens is 3.